The molecule has 0 aliphatic heterocycles. The molecule has 0 aliphatic carbocycles. The van der Waals surface area contributed by atoms with E-state index in [9.17, 15) is 9.59 Å². The van der Waals surface area contributed by atoms with E-state index in [-0.39, 0.29) is 24.1 Å². The smallest absolute Gasteiger partial charge is 0.251 e. The zero-order valence-corrected chi connectivity index (χ0v) is 16.3. The third-order valence-corrected chi connectivity index (χ3v) is 4.91. The number of carbonyl (C=O) groups excluding carboxylic acids is 2. The summed E-state index contributed by atoms with van der Waals surface area (Å²) in [6, 6.07) is 18.3. The minimum Gasteiger partial charge on any atom is -0.345 e. The molecule has 3 rings (SSSR count). The van der Waals surface area contributed by atoms with Crippen molar-refractivity contribution in [3.8, 4) is 0 Å². The minimum absolute atomic E-state index is 0.110. The van der Waals surface area contributed by atoms with Gasteiger partial charge in [-0.25, -0.2) is 0 Å². The summed E-state index contributed by atoms with van der Waals surface area (Å²) in [5.74, 6) is 0.602. The Kier molecular flexibility index (Phi) is 6.80. The van der Waals surface area contributed by atoms with E-state index in [1.807, 2.05) is 60.0 Å². The first-order valence-electron chi connectivity index (χ1n) is 8.90. The Hall–Kier alpha value is -3.13. The van der Waals surface area contributed by atoms with Crippen LogP contribution in [0.15, 0.2) is 65.8 Å². The molecule has 0 spiro atoms. The molecule has 2 N–H and O–H groups in total. The van der Waals surface area contributed by atoms with Crippen molar-refractivity contribution in [2.75, 3.05) is 11.1 Å². The number of hydrogen-bond donors (Lipinski definition) is 2. The zero-order chi connectivity index (χ0) is 19.8. The van der Waals surface area contributed by atoms with Crippen molar-refractivity contribution >= 4 is 29.3 Å². The van der Waals surface area contributed by atoms with E-state index >= 15 is 0 Å². The summed E-state index contributed by atoms with van der Waals surface area (Å²) in [7, 11) is 0. The van der Waals surface area contributed by atoms with Gasteiger partial charge in [-0.3, -0.25) is 9.59 Å². The monoisotopic (exact) mass is 395 g/mol. The Bertz CT molecular complexity index is 928. The second-order valence-electron chi connectivity index (χ2n) is 5.89. The SMILES string of the molecule is CCn1c(CNC(=O)c2ccccc2)nnc1SCC(=O)Nc1ccccc1. The molecule has 0 fully saturated rings. The van der Waals surface area contributed by atoms with Gasteiger partial charge in [-0.2, -0.15) is 0 Å². The topological polar surface area (TPSA) is 88.9 Å². The van der Waals surface area contributed by atoms with Crippen LogP contribution in [0.4, 0.5) is 5.69 Å². The summed E-state index contributed by atoms with van der Waals surface area (Å²) in [6.45, 7) is 2.89. The number of anilines is 1. The molecule has 144 valence electrons. The Morgan fingerprint density at radius 3 is 2.36 bits per heavy atom. The lowest BCUT2D eigenvalue weighted by molar-refractivity contribution is -0.113. The average molecular weight is 395 g/mol. The molecule has 7 nitrogen and oxygen atoms in total. The number of amides is 2. The van der Waals surface area contributed by atoms with Crippen molar-refractivity contribution in [3.05, 3.63) is 72.1 Å². The summed E-state index contributed by atoms with van der Waals surface area (Å²) in [5.41, 5.74) is 1.35. The second kappa shape index (κ2) is 9.70. The van der Waals surface area contributed by atoms with Crippen molar-refractivity contribution < 1.29 is 9.59 Å². The molecule has 0 bridgehead atoms. The van der Waals surface area contributed by atoms with Gasteiger partial charge in [-0.1, -0.05) is 48.2 Å². The van der Waals surface area contributed by atoms with Gasteiger partial charge in [0.1, 0.15) is 0 Å². The van der Waals surface area contributed by atoms with Gasteiger partial charge >= 0.3 is 0 Å². The number of thioether (sulfide) groups is 1. The summed E-state index contributed by atoms with van der Waals surface area (Å²) >= 11 is 1.32. The lowest BCUT2D eigenvalue weighted by Crippen LogP contribution is -2.24. The molecule has 8 heteroatoms. The van der Waals surface area contributed by atoms with Crippen LogP contribution in [0.2, 0.25) is 0 Å². The van der Waals surface area contributed by atoms with Crippen LogP contribution >= 0.6 is 11.8 Å². The van der Waals surface area contributed by atoms with Gasteiger partial charge in [0, 0.05) is 17.8 Å². The van der Waals surface area contributed by atoms with Gasteiger partial charge in [0.15, 0.2) is 11.0 Å². The van der Waals surface area contributed by atoms with Crippen LogP contribution in [0.1, 0.15) is 23.1 Å². The molecule has 0 radical (unpaired) electrons. The van der Waals surface area contributed by atoms with Crippen LogP contribution in [0.5, 0.6) is 0 Å². The van der Waals surface area contributed by atoms with E-state index in [1.165, 1.54) is 11.8 Å². The second-order valence-corrected chi connectivity index (χ2v) is 6.84. The van der Waals surface area contributed by atoms with Crippen molar-refractivity contribution in [1.29, 1.82) is 0 Å². The van der Waals surface area contributed by atoms with Crippen LogP contribution in [-0.2, 0) is 17.9 Å². The largest absolute Gasteiger partial charge is 0.345 e. The van der Waals surface area contributed by atoms with Crippen molar-refractivity contribution in [2.24, 2.45) is 0 Å². The van der Waals surface area contributed by atoms with Gasteiger partial charge < -0.3 is 15.2 Å². The summed E-state index contributed by atoms with van der Waals surface area (Å²) in [5, 5.41) is 14.7. The van der Waals surface area contributed by atoms with E-state index in [0.717, 1.165) is 5.69 Å². The third-order valence-electron chi connectivity index (χ3n) is 3.94. The first-order chi connectivity index (χ1) is 13.7. The van der Waals surface area contributed by atoms with Crippen LogP contribution in [0.3, 0.4) is 0 Å². The maximum atomic E-state index is 12.2. The van der Waals surface area contributed by atoms with Crippen molar-refractivity contribution in [3.63, 3.8) is 0 Å². The molecule has 0 aliphatic rings. The van der Waals surface area contributed by atoms with Crippen LogP contribution in [0, 0.1) is 0 Å². The first-order valence-corrected chi connectivity index (χ1v) is 9.89. The number of nitrogens with one attached hydrogen (secondary N) is 2. The lowest BCUT2D eigenvalue weighted by atomic mass is 10.2. The Morgan fingerprint density at radius 1 is 1.00 bits per heavy atom. The van der Waals surface area contributed by atoms with Gasteiger partial charge in [0.25, 0.3) is 5.91 Å². The molecular formula is C20H21N5O2S. The zero-order valence-electron chi connectivity index (χ0n) is 15.5. The van der Waals surface area contributed by atoms with Crippen molar-refractivity contribution in [2.45, 2.75) is 25.2 Å². The summed E-state index contributed by atoms with van der Waals surface area (Å²) < 4.78 is 1.89. The van der Waals surface area contributed by atoms with Gasteiger partial charge in [0.05, 0.1) is 12.3 Å². The number of rotatable bonds is 8. The standard InChI is InChI=1S/C20H21N5O2S/c1-2-25-17(13-21-19(27)15-9-5-3-6-10-15)23-24-20(25)28-14-18(26)22-16-11-7-4-8-12-16/h3-12H,2,13-14H2,1H3,(H,21,27)(H,22,26). The lowest BCUT2D eigenvalue weighted by Gasteiger charge is -2.09. The molecule has 1 aromatic heterocycles. The molecule has 3 aromatic rings. The highest BCUT2D eigenvalue weighted by Gasteiger charge is 2.14. The summed E-state index contributed by atoms with van der Waals surface area (Å²) in [4.78, 5) is 24.3. The van der Waals surface area contributed by atoms with Gasteiger partial charge in [0.2, 0.25) is 5.91 Å². The van der Waals surface area contributed by atoms with E-state index in [0.29, 0.717) is 23.1 Å². The molecule has 2 aromatic carbocycles. The minimum atomic E-state index is -0.164. The molecule has 28 heavy (non-hydrogen) atoms. The van der Waals surface area contributed by atoms with E-state index in [4.69, 9.17) is 0 Å². The molecule has 0 unspecified atom stereocenters. The average Bonchev–Trinajstić information content (AvgIpc) is 3.13. The normalized spacial score (nSPS) is 10.5. The van der Waals surface area contributed by atoms with Crippen LogP contribution in [-0.4, -0.2) is 32.3 Å². The van der Waals surface area contributed by atoms with Gasteiger partial charge in [-0.05, 0) is 31.2 Å². The van der Waals surface area contributed by atoms with E-state index in [1.54, 1.807) is 12.1 Å². The fourth-order valence-corrected chi connectivity index (χ4v) is 3.40. The maximum Gasteiger partial charge on any atom is 0.251 e. The fourth-order valence-electron chi connectivity index (χ4n) is 2.57. The van der Waals surface area contributed by atoms with Crippen molar-refractivity contribution in [1.82, 2.24) is 20.1 Å². The number of para-hydroxylation sites is 1. The van der Waals surface area contributed by atoms with E-state index < -0.39 is 0 Å². The highest BCUT2D eigenvalue weighted by Crippen LogP contribution is 2.18. The van der Waals surface area contributed by atoms with Crippen LogP contribution < -0.4 is 10.6 Å². The quantitative estimate of drug-likeness (QED) is 0.573. The molecule has 0 atom stereocenters. The first kappa shape index (κ1) is 19.6. The van der Waals surface area contributed by atoms with Gasteiger partial charge in [-0.15, -0.1) is 10.2 Å². The Balaban J connectivity index is 1.56. The van der Waals surface area contributed by atoms with Crippen LogP contribution in [0.25, 0.3) is 0 Å². The maximum absolute atomic E-state index is 12.2. The number of nitrogens with zero attached hydrogens (tertiary/aromatic N) is 3. The number of aromatic nitrogens is 3. The molecule has 1 heterocycles. The molecule has 0 saturated heterocycles. The predicted octanol–water partition coefficient (Wildman–Crippen LogP) is 2.96. The number of benzene rings is 2. The molecular weight excluding hydrogens is 374 g/mol. The highest BCUT2D eigenvalue weighted by molar-refractivity contribution is 7.99. The highest BCUT2D eigenvalue weighted by atomic mass is 32.2. The number of carbonyl (C=O) groups is 2. The summed E-state index contributed by atoms with van der Waals surface area (Å²) in [6.07, 6.45) is 0. The predicted molar refractivity (Wildman–Crippen MR) is 109 cm³/mol. The molecule has 2 amide bonds. The number of hydrogen-bond acceptors (Lipinski definition) is 5. The third kappa shape index (κ3) is 5.20. The molecule has 0 saturated carbocycles. The fraction of sp³-hybridized carbons (Fsp3) is 0.200. The van der Waals surface area contributed by atoms with E-state index in [2.05, 4.69) is 20.8 Å². The Morgan fingerprint density at radius 2 is 1.68 bits per heavy atom. The Labute approximate surface area is 167 Å².